The number of aromatic hydroxyl groups is 1. The summed E-state index contributed by atoms with van der Waals surface area (Å²) < 4.78 is 0. The lowest BCUT2D eigenvalue weighted by atomic mass is 10.1. The predicted octanol–water partition coefficient (Wildman–Crippen LogP) is 2.61. The van der Waals surface area contributed by atoms with Gasteiger partial charge < -0.3 is 15.8 Å². The first kappa shape index (κ1) is 8.17. The van der Waals surface area contributed by atoms with Gasteiger partial charge in [0.25, 0.3) is 0 Å². The Balaban J connectivity index is 2.61. The van der Waals surface area contributed by atoms with Crippen molar-refractivity contribution in [1.29, 1.82) is 0 Å². The van der Waals surface area contributed by atoms with E-state index >= 15 is 0 Å². The van der Waals surface area contributed by atoms with E-state index in [4.69, 9.17) is 5.73 Å². The first-order valence-electron chi connectivity index (χ1n) is 4.74. The van der Waals surface area contributed by atoms with Gasteiger partial charge in [-0.15, -0.1) is 0 Å². The Morgan fingerprint density at radius 1 is 1.07 bits per heavy atom. The Labute approximate surface area is 86.1 Å². The smallest absolute Gasteiger partial charge is 0.118 e. The van der Waals surface area contributed by atoms with E-state index in [-0.39, 0.29) is 5.75 Å². The van der Waals surface area contributed by atoms with E-state index in [2.05, 4.69) is 4.98 Å². The standard InChI is InChI=1S/C12H10N2O/c13-10-6-7(15)5-9-8-3-1-2-4-11(8)14-12(9)10/h1-6,14-15H,13H2. The summed E-state index contributed by atoms with van der Waals surface area (Å²) in [5.74, 6) is 0.199. The molecule has 0 fully saturated rings. The van der Waals surface area contributed by atoms with E-state index in [9.17, 15) is 5.11 Å². The number of nitrogens with one attached hydrogen (secondary N) is 1. The van der Waals surface area contributed by atoms with Crippen LogP contribution in [0.15, 0.2) is 36.4 Å². The molecule has 0 aliphatic carbocycles. The van der Waals surface area contributed by atoms with E-state index in [1.165, 1.54) is 0 Å². The van der Waals surface area contributed by atoms with Gasteiger partial charge >= 0.3 is 0 Å². The average molecular weight is 198 g/mol. The topological polar surface area (TPSA) is 62.0 Å². The van der Waals surface area contributed by atoms with Crippen molar-refractivity contribution >= 4 is 27.5 Å². The van der Waals surface area contributed by atoms with Crippen molar-refractivity contribution in [2.45, 2.75) is 0 Å². The number of aromatic amines is 1. The largest absolute Gasteiger partial charge is 0.508 e. The van der Waals surface area contributed by atoms with Crippen LogP contribution in [0.2, 0.25) is 0 Å². The molecule has 0 unspecified atom stereocenters. The van der Waals surface area contributed by atoms with Crippen LogP contribution in [0.4, 0.5) is 5.69 Å². The molecule has 3 nitrogen and oxygen atoms in total. The zero-order chi connectivity index (χ0) is 10.4. The van der Waals surface area contributed by atoms with Crippen LogP contribution in [0.1, 0.15) is 0 Å². The van der Waals surface area contributed by atoms with Gasteiger partial charge in [-0.05, 0) is 12.1 Å². The zero-order valence-electron chi connectivity index (χ0n) is 7.99. The lowest BCUT2D eigenvalue weighted by molar-refractivity contribution is 0.476. The summed E-state index contributed by atoms with van der Waals surface area (Å²) in [7, 11) is 0. The minimum absolute atomic E-state index is 0.199. The van der Waals surface area contributed by atoms with Crippen LogP contribution in [0, 0.1) is 0 Å². The SMILES string of the molecule is Nc1cc(O)cc2c1[nH]c1ccccc12. The summed E-state index contributed by atoms with van der Waals surface area (Å²) in [6.45, 7) is 0. The van der Waals surface area contributed by atoms with Crippen LogP contribution in [0.25, 0.3) is 21.8 Å². The highest BCUT2D eigenvalue weighted by atomic mass is 16.3. The maximum absolute atomic E-state index is 9.50. The summed E-state index contributed by atoms with van der Waals surface area (Å²) in [5, 5.41) is 11.5. The number of anilines is 1. The van der Waals surface area contributed by atoms with E-state index in [1.807, 2.05) is 24.3 Å². The molecule has 15 heavy (non-hydrogen) atoms. The number of phenols is 1. The summed E-state index contributed by atoms with van der Waals surface area (Å²) in [6.07, 6.45) is 0. The molecule has 0 spiro atoms. The summed E-state index contributed by atoms with van der Waals surface area (Å²) in [5.41, 5.74) is 8.32. The number of hydrogen-bond acceptors (Lipinski definition) is 2. The second kappa shape index (κ2) is 2.67. The maximum atomic E-state index is 9.50. The highest BCUT2D eigenvalue weighted by Crippen LogP contribution is 2.32. The molecule has 2 aromatic carbocycles. The van der Waals surface area contributed by atoms with E-state index < -0.39 is 0 Å². The molecule has 0 radical (unpaired) electrons. The molecule has 0 aliphatic rings. The number of hydrogen-bond donors (Lipinski definition) is 3. The van der Waals surface area contributed by atoms with Crippen LogP contribution in [-0.4, -0.2) is 10.1 Å². The number of nitrogen functional groups attached to an aromatic ring is 1. The third-order valence-electron chi connectivity index (χ3n) is 2.63. The van der Waals surface area contributed by atoms with Gasteiger partial charge in [-0.1, -0.05) is 18.2 Å². The van der Waals surface area contributed by atoms with Crippen LogP contribution in [0.3, 0.4) is 0 Å². The number of benzene rings is 2. The predicted molar refractivity (Wildman–Crippen MR) is 61.9 cm³/mol. The van der Waals surface area contributed by atoms with Crippen molar-refractivity contribution in [3.63, 3.8) is 0 Å². The van der Waals surface area contributed by atoms with Gasteiger partial charge in [0.2, 0.25) is 0 Å². The summed E-state index contributed by atoms with van der Waals surface area (Å²) in [4.78, 5) is 3.24. The first-order chi connectivity index (χ1) is 7.25. The molecular formula is C12H10N2O. The van der Waals surface area contributed by atoms with Crippen LogP contribution < -0.4 is 5.73 Å². The lowest BCUT2D eigenvalue weighted by Gasteiger charge is -1.97. The number of nitrogens with two attached hydrogens (primary N) is 1. The van der Waals surface area contributed by atoms with Gasteiger partial charge in [-0.2, -0.15) is 0 Å². The number of fused-ring (bicyclic) bond motifs is 3. The maximum Gasteiger partial charge on any atom is 0.118 e. The number of rotatable bonds is 0. The number of aromatic nitrogens is 1. The quantitative estimate of drug-likeness (QED) is 0.486. The Morgan fingerprint density at radius 3 is 2.73 bits per heavy atom. The molecule has 0 saturated heterocycles. The van der Waals surface area contributed by atoms with E-state index in [0.717, 1.165) is 21.8 Å². The molecule has 0 atom stereocenters. The fraction of sp³-hybridized carbons (Fsp3) is 0. The van der Waals surface area contributed by atoms with Crippen LogP contribution >= 0.6 is 0 Å². The minimum atomic E-state index is 0.199. The number of para-hydroxylation sites is 1. The van der Waals surface area contributed by atoms with Gasteiger partial charge in [0.15, 0.2) is 0 Å². The molecule has 1 aromatic heterocycles. The van der Waals surface area contributed by atoms with Crippen molar-refractivity contribution in [2.24, 2.45) is 0 Å². The monoisotopic (exact) mass is 198 g/mol. The zero-order valence-corrected chi connectivity index (χ0v) is 7.99. The second-order valence-corrected chi connectivity index (χ2v) is 3.63. The molecule has 0 aliphatic heterocycles. The normalized spacial score (nSPS) is 11.2. The van der Waals surface area contributed by atoms with Crippen molar-refractivity contribution < 1.29 is 5.11 Å². The molecule has 74 valence electrons. The Hall–Kier alpha value is -2.16. The van der Waals surface area contributed by atoms with Crippen molar-refractivity contribution in [2.75, 3.05) is 5.73 Å². The fourth-order valence-corrected chi connectivity index (χ4v) is 1.96. The number of phenolic OH excluding ortho intramolecular Hbond substituents is 1. The van der Waals surface area contributed by atoms with Crippen LogP contribution in [-0.2, 0) is 0 Å². The third kappa shape index (κ3) is 1.06. The molecule has 3 aromatic rings. The number of H-pyrrole nitrogens is 1. The van der Waals surface area contributed by atoms with E-state index in [1.54, 1.807) is 12.1 Å². The second-order valence-electron chi connectivity index (χ2n) is 3.63. The molecule has 1 heterocycles. The summed E-state index contributed by atoms with van der Waals surface area (Å²) in [6, 6.07) is 11.2. The third-order valence-corrected chi connectivity index (χ3v) is 2.63. The lowest BCUT2D eigenvalue weighted by Crippen LogP contribution is -1.85. The van der Waals surface area contributed by atoms with Crippen LogP contribution in [0.5, 0.6) is 5.75 Å². The highest BCUT2D eigenvalue weighted by Gasteiger charge is 2.07. The van der Waals surface area contributed by atoms with Crippen molar-refractivity contribution in [1.82, 2.24) is 4.98 Å². The molecule has 4 N–H and O–H groups in total. The Kier molecular flexibility index (Phi) is 1.45. The van der Waals surface area contributed by atoms with Crippen molar-refractivity contribution in [3.05, 3.63) is 36.4 Å². The summed E-state index contributed by atoms with van der Waals surface area (Å²) >= 11 is 0. The average Bonchev–Trinajstić information content (AvgIpc) is 2.57. The van der Waals surface area contributed by atoms with E-state index in [0.29, 0.717) is 5.69 Å². The molecule has 0 bridgehead atoms. The van der Waals surface area contributed by atoms with Gasteiger partial charge in [-0.3, -0.25) is 0 Å². The molecule has 3 rings (SSSR count). The Morgan fingerprint density at radius 2 is 1.87 bits per heavy atom. The molecule has 0 amide bonds. The fourth-order valence-electron chi connectivity index (χ4n) is 1.96. The van der Waals surface area contributed by atoms with Gasteiger partial charge in [0.1, 0.15) is 5.75 Å². The van der Waals surface area contributed by atoms with Gasteiger partial charge in [-0.25, -0.2) is 0 Å². The first-order valence-corrected chi connectivity index (χ1v) is 4.74. The molecule has 3 heteroatoms. The van der Waals surface area contributed by atoms with Crippen molar-refractivity contribution in [3.8, 4) is 5.75 Å². The molecular weight excluding hydrogens is 188 g/mol. The Bertz CT molecular complexity index is 655. The highest BCUT2D eigenvalue weighted by molar-refractivity contribution is 6.11. The minimum Gasteiger partial charge on any atom is -0.508 e. The molecule has 0 saturated carbocycles. The van der Waals surface area contributed by atoms with Gasteiger partial charge in [0.05, 0.1) is 11.2 Å². The van der Waals surface area contributed by atoms with Gasteiger partial charge in [0, 0.05) is 22.4 Å².